The lowest BCUT2D eigenvalue weighted by atomic mass is 10.1. The van der Waals surface area contributed by atoms with Crippen LogP contribution in [0.2, 0.25) is 0 Å². The molecule has 0 unspecified atom stereocenters. The lowest BCUT2D eigenvalue weighted by molar-refractivity contribution is 0.624. The molecule has 0 spiro atoms. The molecule has 0 radical (unpaired) electrons. The SMILES string of the molecule is CCc1ccc(NC(=S)N[C@@H](C)c2ccc(F)cc2)cc1. The van der Waals surface area contributed by atoms with E-state index in [4.69, 9.17) is 12.2 Å². The summed E-state index contributed by atoms with van der Waals surface area (Å²) < 4.78 is 12.9. The van der Waals surface area contributed by atoms with E-state index >= 15 is 0 Å². The van der Waals surface area contributed by atoms with Gasteiger partial charge in [0.15, 0.2) is 5.11 Å². The van der Waals surface area contributed by atoms with Gasteiger partial charge >= 0.3 is 0 Å². The minimum atomic E-state index is -0.234. The first-order chi connectivity index (χ1) is 10.1. The number of benzene rings is 2. The Morgan fingerprint density at radius 2 is 1.71 bits per heavy atom. The Balaban J connectivity index is 1.92. The van der Waals surface area contributed by atoms with Gasteiger partial charge in [0, 0.05) is 5.69 Å². The summed E-state index contributed by atoms with van der Waals surface area (Å²) >= 11 is 5.30. The average Bonchev–Trinajstić information content (AvgIpc) is 2.48. The van der Waals surface area contributed by atoms with Crippen LogP contribution in [-0.2, 0) is 6.42 Å². The Hall–Kier alpha value is -1.94. The van der Waals surface area contributed by atoms with E-state index in [0.717, 1.165) is 17.7 Å². The molecule has 0 aliphatic rings. The van der Waals surface area contributed by atoms with Gasteiger partial charge in [0.25, 0.3) is 0 Å². The zero-order valence-corrected chi connectivity index (χ0v) is 13.0. The molecule has 2 N–H and O–H groups in total. The van der Waals surface area contributed by atoms with Gasteiger partial charge < -0.3 is 10.6 Å². The molecule has 1 atom stereocenters. The van der Waals surface area contributed by atoms with Gasteiger partial charge in [0.1, 0.15) is 5.82 Å². The van der Waals surface area contributed by atoms with Crippen molar-refractivity contribution in [1.29, 1.82) is 0 Å². The topological polar surface area (TPSA) is 24.1 Å². The summed E-state index contributed by atoms with van der Waals surface area (Å²) in [5.41, 5.74) is 3.23. The minimum Gasteiger partial charge on any atom is -0.356 e. The second-order valence-corrected chi connectivity index (χ2v) is 5.33. The highest BCUT2D eigenvalue weighted by Gasteiger charge is 2.07. The Morgan fingerprint density at radius 3 is 2.29 bits per heavy atom. The van der Waals surface area contributed by atoms with Crippen molar-refractivity contribution < 1.29 is 4.39 Å². The summed E-state index contributed by atoms with van der Waals surface area (Å²) in [5, 5.41) is 6.89. The normalized spacial score (nSPS) is 11.8. The van der Waals surface area contributed by atoms with Crippen molar-refractivity contribution in [3.05, 3.63) is 65.5 Å². The molecule has 0 fully saturated rings. The summed E-state index contributed by atoms with van der Waals surface area (Å²) in [4.78, 5) is 0. The number of thiocarbonyl (C=S) groups is 1. The zero-order valence-electron chi connectivity index (χ0n) is 12.2. The lowest BCUT2D eigenvalue weighted by Crippen LogP contribution is -2.30. The van der Waals surface area contributed by atoms with E-state index in [1.165, 1.54) is 17.7 Å². The smallest absolute Gasteiger partial charge is 0.171 e. The van der Waals surface area contributed by atoms with Gasteiger partial charge in [-0.25, -0.2) is 4.39 Å². The predicted octanol–water partition coefficient (Wildman–Crippen LogP) is 4.44. The summed E-state index contributed by atoms with van der Waals surface area (Å²) in [7, 11) is 0. The number of nitrogens with one attached hydrogen (secondary N) is 2. The van der Waals surface area contributed by atoms with Crippen LogP contribution in [0.4, 0.5) is 10.1 Å². The Labute approximate surface area is 130 Å². The van der Waals surface area contributed by atoms with Crippen molar-refractivity contribution in [2.75, 3.05) is 5.32 Å². The fraction of sp³-hybridized carbons (Fsp3) is 0.235. The van der Waals surface area contributed by atoms with Crippen molar-refractivity contribution in [2.45, 2.75) is 26.3 Å². The Morgan fingerprint density at radius 1 is 1.10 bits per heavy atom. The van der Waals surface area contributed by atoms with E-state index in [-0.39, 0.29) is 11.9 Å². The van der Waals surface area contributed by atoms with Crippen LogP contribution >= 0.6 is 12.2 Å². The lowest BCUT2D eigenvalue weighted by Gasteiger charge is -2.17. The van der Waals surface area contributed by atoms with Crippen molar-refractivity contribution in [3.8, 4) is 0 Å². The highest BCUT2D eigenvalue weighted by molar-refractivity contribution is 7.80. The fourth-order valence-corrected chi connectivity index (χ4v) is 2.32. The number of hydrogen-bond acceptors (Lipinski definition) is 1. The van der Waals surface area contributed by atoms with E-state index in [1.54, 1.807) is 12.1 Å². The Bertz CT molecular complexity index is 593. The maximum absolute atomic E-state index is 12.9. The van der Waals surface area contributed by atoms with E-state index in [1.807, 2.05) is 19.1 Å². The van der Waals surface area contributed by atoms with Gasteiger partial charge in [-0.05, 0) is 61.0 Å². The molecule has 0 aromatic heterocycles. The Kier molecular flexibility index (Phi) is 5.28. The van der Waals surface area contributed by atoms with Gasteiger partial charge in [-0.2, -0.15) is 0 Å². The standard InChI is InChI=1S/C17H19FN2S/c1-3-13-4-10-16(11-5-13)20-17(21)19-12(2)14-6-8-15(18)9-7-14/h4-12H,3H2,1-2H3,(H2,19,20,21)/t12-/m0/s1. The molecule has 0 amide bonds. The quantitative estimate of drug-likeness (QED) is 0.817. The number of halogens is 1. The van der Waals surface area contributed by atoms with Crippen LogP contribution in [0.3, 0.4) is 0 Å². The molecule has 2 rings (SSSR count). The third-order valence-corrected chi connectivity index (χ3v) is 3.56. The van der Waals surface area contributed by atoms with Gasteiger partial charge in [-0.1, -0.05) is 31.2 Å². The van der Waals surface area contributed by atoms with Crippen LogP contribution in [0, 0.1) is 5.82 Å². The molecule has 2 aromatic rings. The molecule has 2 aromatic carbocycles. The first-order valence-electron chi connectivity index (χ1n) is 7.00. The highest BCUT2D eigenvalue weighted by atomic mass is 32.1. The molecule has 110 valence electrons. The van der Waals surface area contributed by atoms with E-state index in [0.29, 0.717) is 5.11 Å². The van der Waals surface area contributed by atoms with Crippen molar-refractivity contribution in [1.82, 2.24) is 5.32 Å². The van der Waals surface area contributed by atoms with Crippen LogP contribution in [-0.4, -0.2) is 5.11 Å². The zero-order chi connectivity index (χ0) is 15.2. The minimum absolute atomic E-state index is 0.0144. The fourth-order valence-electron chi connectivity index (χ4n) is 2.02. The van der Waals surface area contributed by atoms with E-state index in [9.17, 15) is 4.39 Å². The molecule has 0 aliphatic carbocycles. The molecule has 0 aliphatic heterocycles. The molecule has 0 bridgehead atoms. The van der Waals surface area contributed by atoms with Crippen LogP contribution in [0.25, 0.3) is 0 Å². The highest BCUT2D eigenvalue weighted by Crippen LogP contribution is 2.14. The predicted molar refractivity (Wildman–Crippen MR) is 90.0 cm³/mol. The van der Waals surface area contributed by atoms with Gasteiger partial charge in [-0.15, -0.1) is 0 Å². The first kappa shape index (κ1) is 15.4. The molecule has 2 nitrogen and oxygen atoms in total. The number of rotatable bonds is 4. The van der Waals surface area contributed by atoms with Crippen molar-refractivity contribution in [3.63, 3.8) is 0 Å². The summed E-state index contributed by atoms with van der Waals surface area (Å²) in [6, 6.07) is 14.6. The summed E-state index contributed by atoms with van der Waals surface area (Å²) in [6.45, 7) is 4.11. The molecular weight excluding hydrogens is 283 g/mol. The van der Waals surface area contributed by atoms with Crippen LogP contribution < -0.4 is 10.6 Å². The third kappa shape index (κ3) is 4.53. The number of aryl methyl sites for hydroxylation is 1. The molecule has 21 heavy (non-hydrogen) atoms. The maximum Gasteiger partial charge on any atom is 0.171 e. The van der Waals surface area contributed by atoms with Gasteiger partial charge in [-0.3, -0.25) is 0 Å². The second-order valence-electron chi connectivity index (χ2n) is 4.92. The van der Waals surface area contributed by atoms with E-state index in [2.05, 4.69) is 29.7 Å². The monoisotopic (exact) mass is 302 g/mol. The molecule has 4 heteroatoms. The van der Waals surface area contributed by atoms with Crippen LogP contribution in [0.1, 0.15) is 31.0 Å². The van der Waals surface area contributed by atoms with Gasteiger partial charge in [0.2, 0.25) is 0 Å². The maximum atomic E-state index is 12.9. The molecule has 0 heterocycles. The van der Waals surface area contributed by atoms with Crippen LogP contribution in [0.5, 0.6) is 0 Å². The third-order valence-electron chi connectivity index (χ3n) is 3.34. The second kappa shape index (κ2) is 7.18. The molecule has 0 saturated heterocycles. The first-order valence-corrected chi connectivity index (χ1v) is 7.41. The molecular formula is C17H19FN2S. The molecule has 0 saturated carbocycles. The van der Waals surface area contributed by atoms with Crippen molar-refractivity contribution in [2.24, 2.45) is 0 Å². The number of anilines is 1. The van der Waals surface area contributed by atoms with Gasteiger partial charge in [0.05, 0.1) is 6.04 Å². The van der Waals surface area contributed by atoms with E-state index < -0.39 is 0 Å². The van der Waals surface area contributed by atoms with Crippen molar-refractivity contribution >= 4 is 23.0 Å². The largest absolute Gasteiger partial charge is 0.356 e. The average molecular weight is 302 g/mol. The summed E-state index contributed by atoms with van der Waals surface area (Å²) in [5.74, 6) is -0.234. The van der Waals surface area contributed by atoms with Crippen LogP contribution in [0.15, 0.2) is 48.5 Å². The summed E-state index contributed by atoms with van der Waals surface area (Å²) in [6.07, 6.45) is 1.02. The number of hydrogen-bond donors (Lipinski definition) is 2.